The highest BCUT2D eigenvalue weighted by Gasteiger charge is 1.93. The van der Waals surface area contributed by atoms with Gasteiger partial charge in [-0.1, -0.05) is 30.3 Å². The second-order valence-electron chi connectivity index (χ2n) is 2.06. The molecule has 0 aliphatic rings. The van der Waals surface area contributed by atoms with Gasteiger partial charge in [0.15, 0.2) is 8.03 Å². The molecular weight excluding hydrogens is 161 g/mol. The van der Waals surface area contributed by atoms with Crippen LogP contribution in [0.15, 0.2) is 30.3 Å². The van der Waals surface area contributed by atoms with Crippen LogP contribution in [0.25, 0.3) is 0 Å². The fraction of sp³-hybridized carbons (Fsp3) is 0.143. The zero-order chi connectivity index (χ0) is 7.40. The molecule has 1 atom stereocenters. The van der Waals surface area contributed by atoms with Crippen molar-refractivity contribution in [2.24, 2.45) is 0 Å². The maximum atomic E-state index is 10.4. The highest BCUT2D eigenvalue weighted by molar-refractivity contribution is 7.37. The van der Waals surface area contributed by atoms with Gasteiger partial charge in [-0.2, -0.15) is 0 Å². The largest absolute Gasteiger partial charge is 0.346 e. The lowest BCUT2D eigenvalue weighted by molar-refractivity contribution is 0.502. The third-order valence-corrected chi connectivity index (χ3v) is 1.91. The molecule has 3 nitrogen and oxygen atoms in total. The van der Waals surface area contributed by atoms with Crippen LogP contribution in [-0.2, 0) is 10.7 Å². The molecule has 0 bridgehead atoms. The van der Waals surface area contributed by atoms with E-state index in [0.717, 1.165) is 5.56 Å². The standard InChI is InChI=1S/C7H9O2P.H3N/c8-10(9)6-7-4-2-1-3-5-7;/h1-5,10H,6H2,(H,8,9);1H3. The smallest absolute Gasteiger partial charge is 0.193 e. The first-order valence-electron chi connectivity index (χ1n) is 3.05. The number of hydrogen-bond acceptors (Lipinski definition) is 2. The maximum absolute atomic E-state index is 10.4. The summed E-state index contributed by atoms with van der Waals surface area (Å²) in [5, 5.41) is 0. The van der Waals surface area contributed by atoms with Crippen molar-refractivity contribution in [3.8, 4) is 0 Å². The molecule has 0 radical (unpaired) electrons. The molecule has 0 aromatic heterocycles. The van der Waals surface area contributed by atoms with Crippen LogP contribution < -0.4 is 6.15 Å². The van der Waals surface area contributed by atoms with Gasteiger partial charge in [0, 0.05) is 6.16 Å². The van der Waals surface area contributed by atoms with Crippen molar-refractivity contribution in [2.75, 3.05) is 0 Å². The summed E-state index contributed by atoms with van der Waals surface area (Å²) in [4.78, 5) is 8.55. The lowest BCUT2D eigenvalue weighted by Crippen LogP contribution is -1.75. The average molecular weight is 173 g/mol. The fourth-order valence-electron chi connectivity index (χ4n) is 0.770. The van der Waals surface area contributed by atoms with E-state index in [1.165, 1.54) is 0 Å². The molecule has 1 aromatic rings. The van der Waals surface area contributed by atoms with Crippen molar-refractivity contribution in [3.05, 3.63) is 35.9 Å². The number of rotatable bonds is 2. The van der Waals surface area contributed by atoms with E-state index in [-0.39, 0.29) is 6.15 Å². The van der Waals surface area contributed by atoms with Crippen LogP contribution in [0.4, 0.5) is 0 Å². The fourth-order valence-corrected chi connectivity index (χ4v) is 1.36. The Kier molecular flexibility index (Phi) is 4.79. The molecule has 0 saturated carbocycles. The minimum atomic E-state index is -2.34. The van der Waals surface area contributed by atoms with Gasteiger partial charge >= 0.3 is 0 Å². The minimum absolute atomic E-state index is 0. The Hall–Kier alpha value is -0.630. The van der Waals surface area contributed by atoms with Gasteiger partial charge in [-0.15, -0.1) is 0 Å². The Morgan fingerprint density at radius 3 is 2.27 bits per heavy atom. The predicted octanol–water partition coefficient (Wildman–Crippen LogP) is 1.82. The summed E-state index contributed by atoms with van der Waals surface area (Å²) >= 11 is 0. The van der Waals surface area contributed by atoms with Crippen LogP contribution in [0, 0.1) is 0 Å². The topological polar surface area (TPSA) is 72.3 Å². The summed E-state index contributed by atoms with van der Waals surface area (Å²) in [5.74, 6) is 0. The molecule has 62 valence electrons. The zero-order valence-electron chi connectivity index (χ0n) is 6.16. The highest BCUT2D eigenvalue weighted by Crippen LogP contribution is 2.20. The summed E-state index contributed by atoms with van der Waals surface area (Å²) in [5.41, 5.74) is 0.925. The lowest BCUT2D eigenvalue weighted by Gasteiger charge is -1.93. The zero-order valence-corrected chi connectivity index (χ0v) is 7.16. The second-order valence-corrected chi connectivity index (χ2v) is 3.20. The monoisotopic (exact) mass is 173 g/mol. The Balaban J connectivity index is 0.000001000. The van der Waals surface area contributed by atoms with E-state index >= 15 is 0 Å². The van der Waals surface area contributed by atoms with Crippen molar-refractivity contribution in [1.29, 1.82) is 0 Å². The third kappa shape index (κ3) is 3.94. The van der Waals surface area contributed by atoms with E-state index in [0.29, 0.717) is 6.16 Å². The SMILES string of the molecule is N.O=[PH](O)Cc1ccccc1. The van der Waals surface area contributed by atoms with Gasteiger partial charge in [-0.25, -0.2) is 0 Å². The van der Waals surface area contributed by atoms with Crippen molar-refractivity contribution >= 4 is 8.03 Å². The summed E-state index contributed by atoms with van der Waals surface area (Å²) in [7, 11) is -2.34. The summed E-state index contributed by atoms with van der Waals surface area (Å²) in [6.07, 6.45) is 0.297. The third-order valence-electron chi connectivity index (χ3n) is 1.20. The minimum Gasteiger partial charge on any atom is -0.346 e. The van der Waals surface area contributed by atoms with Crippen LogP contribution in [0.5, 0.6) is 0 Å². The van der Waals surface area contributed by atoms with Gasteiger partial charge in [0.05, 0.1) is 0 Å². The molecule has 1 aromatic carbocycles. The normalized spacial score (nSPS) is 11.7. The highest BCUT2D eigenvalue weighted by atomic mass is 31.1. The van der Waals surface area contributed by atoms with Crippen molar-refractivity contribution in [3.63, 3.8) is 0 Å². The predicted molar refractivity (Wildman–Crippen MR) is 46.4 cm³/mol. The van der Waals surface area contributed by atoms with E-state index in [2.05, 4.69) is 0 Å². The van der Waals surface area contributed by atoms with Gasteiger partial charge < -0.3 is 11.0 Å². The first-order valence-corrected chi connectivity index (χ1v) is 4.61. The van der Waals surface area contributed by atoms with E-state index < -0.39 is 8.03 Å². The summed E-state index contributed by atoms with van der Waals surface area (Å²) in [6, 6.07) is 9.30. The second kappa shape index (κ2) is 5.08. The van der Waals surface area contributed by atoms with Crippen LogP contribution in [0.2, 0.25) is 0 Å². The molecule has 0 fully saturated rings. The van der Waals surface area contributed by atoms with Crippen LogP contribution in [0.3, 0.4) is 0 Å². The van der Waals surface area contributed by atoms with Gasteiger partial charge in [-0.05, 0) is 5.56 Å². The molecule has 0 heterocycles. The lowest BCUT2D eigenvalue weighted by atomic mass is 10.2. The number of hydrogen-bond donors (Lipinski definition) is 2. The maximum Gasteiger partial charge on any atom is 0.193 e. The van der Waals surface area contributed by atoms with Crippen molar-refractivity contribution in [2.45, 2.75) is 6.16 Å². The molecule has 0 saturated heterocycles. The van der Waals surface area contributed by atoms with E-state index in [4.69, 9.17) is 4.89 Å². The van der Waals surface area contributed by atoms with E-state index in [9.17, 15) is 4.57 Å². The van der Waals surface area contributed by atoms with E-state index in [1.807, 2.05) is 30.3 Å². The van der Waals surface area contributed by atoms with E-state index in [1.54, 1.807) is 0 Å². The molecule has 4 heteroatoms. The molecular formula is C7H12NO2P. The van der Waals surface area contributed by atoms with Crippen molar-refractivity contribution in [1.82, 2.24) is 6.15 Å². The molecule has 0 aliphatic carbocycles. The Labute approximate surface area is 66.5 Å². The molecule has 1 unspecified atom stereocenters. The van der Waals surface area contributed by atoms with Gasteiger partial charge in [0.25, 0.3) is 0 Å². The molecule has 0 aliphatic heterocycles. The molecule has 4 N–H and O–H groups in total. The van der Waals surface area contributed by atoms with Crippen LogP contribution in [0.1, 0.15) is 5.56 Å². The Morgan fingerprint density at radius 1 is 1.27 bits per heavy atom. The summed E-state index contributed by atoms with van der Waals surface area (Å²) < 4.78 is 10.4. The average Bonchev–Trinajstić information content (AvgIpc) is 1.88. The summed E-state index contributed by atoms with van der Waals surface area (Å²) in [6.45, 7) is 0. The quantitative estimate of drug-likeness (QED) is 0.670. The molecule has 11 heavy (non-hydrogen) atoms. The Bertz CT molecular complexity index is 225. The van der Waals surface area contributed by atoms with Crippen LogP contribution in [-0.4, -0.2) is 4.89 Å². The van der Waals surface area contributed by atoms with Gasteiger partial charge in [0.2, 0.25) is 0 Å². The van der Waals surface area contributed by atoms with Gasteiger partial charge in [-0.3, -0.25) is 4.57 Å². The molecule has 0 spiro atoms. The first kappa shape index (κ1) is 10.4. The van der Waals surface area contributed by atoms with Crippen molar-refractivity contribution < 1.29 is 9.46 Å². The van der Waals surface area contributed by atoms with Crippen LogP contribution >= 0.6 is 8.03 Å². The molecule has 0 amide bonds. The number of benzene rings is 1. The Morgan fingerprint density at radius 2 is 1.82 bits per heavy atom. The first-order chi connectivity index (χ1) is 4.79. The molecule has 1 rings (SSSR count). The van der Waals surface area contributed by atoms with Gasteiger partial charge in [0.1, 0.15) is 0 Å².